The highest BCUT2D eigenvalue weighted by Crippen LogP contribution is 2.27. The second kappa shape index (κ2) is 13.9. The Labute approximate surface area is 235 Å². The molecule has 0 aliphatic carbocycles. The fourth-order valence-electron chi connectivity index (χ4n) is 4.12. The Balaban J connectivity index is 2.02. The van der Waals surface area contributed by atoms with E-state index in [2.05, 4.69) is 5.32 Å². The molecule has 0 aliphatic heterocycles. The number of carbonyl (C=O) groups is 2. The Bertz CT molecular complexity index is 1400. The van der Waals surface area contributed by atoms with Crippen molar-refractivity contribution in [3.05, 3.63) is 89.7 Å². The van der Waals surface area contributed by atoms with E-state index in [-0.39, 0.29) is 23.0 Å². The van der Waals surface area contributed by atoms with Crippen molar-refractivity contribution in [1.82, 2.24) is 10.2 Å². The maximum atomic E-state index is 13.9. The molecule has 0 saturated heterocycles. The molecule has 0 radical (unpaired) electrons. The smallest absolute Gasteiger partial charge is 0.264 e. The highest BCUT2D eigenvalue weighted by molar-refractivity contribution is 7.92. The number of hydrogen-bond donors (Lipinski definition) is 1. The van der Waals surface area contributed by atoms with E-state index in [1.165, 1.54) is 4.90 Å². The number of anilines is 1. The summed E-state index contributed by atoms with van der Waals surface area (Å²) in [5.41, 5.74) is 2.01. The van der Waals surface area contributed by atoms with E-state index in [1.54, 1.807) is 31.2 Å². The number of hydrogen-bond acceptors (Lipinski definition) is 5. The Morgan fingerprint density at radius 1 is 1.00 bits per heavy atom. The quantitative estimate of drug-likeness (QED) is 0.323. The first-order valence-corrected chi connectivity index (χ1v) is 14.6. The molecule has 0 spiro atoms. The number of benzene rings is 3. The van der Waals surface area contributed by atoms with Crippen molar-refractivity contribution in [2.75, 3.05) is 24.0 Å². The average molecular weight is 570 g/mol. The predicted molar refractivity (Wildman–Crippen MR) is 153 cm³/mol. The van der Waals surface area contributed by atoms with Crippen molar-refractivity contribution in [2.24, 2.45) is 0 Å². The lowest BCUT2D eigenvalue weighted by molar-refractivity contribution is -0.139. The molecule has 1 atom stereocenters. The van der Waals surface area contributed by atoms with Gasteiger partial charge in [0.15, 0.2) is 0 Å². The van der Waals surface area contributed by atoms with Crippen molar-refractivity contribution in [1.29, 1.82) is 0 Å². The second-order valence-electron chi connectivity index (χ2n) is 9.37. The summed E-state index contributed by atoms with van der Waals surface area (Å²) in [5.74, 6) is -0.949. The lowest BCUT2D eigenvalue weighted by atomic mass is 10.1. The lowest BCUT2D eigenvalue weighted by Crippen LogP contribution is -2.51. The van der Waals surface area contributed by atoms with Crippen molar-refractivity contribution in [3.8, 4) is 5.75 Å². The Kier molecular flexibility index (Phi) is 10.7. The standard InChI is InChI=1S/C30H36FN3O5S/c1-5-18-32-30(36)23(4)33(20-24-9-7-8-22(3)19-24)29(35)21-34(26-12-14-27(15-13-26)39-6-2)40(37,38)28-16-10-25(31)11-17-28/h7-17,19,23H,5-6,18,20-21H2,1-4H3,(H,32,36)/t23-/m1/s1. The number of amides is 2. The van der Waals surface area contributed by atoms with Gasteiger partial charge in [-0.15, -0.1) is 0 Å². The molecule has 2 amide bonds. The van der Waals surface area contributed by atoms with Gasteiger partial charge in [-0.2, -0.15) is 0 Å². The van der Waals surface area contributed by atoms with Gasteiger partial charge in [0.25, 0.3) is 10.0 Å². The van der Waals surface area contributed by atoms with Crippen LogP contribution in [0.15, 0.2) is 77.7 Å². The van der Waals surface area contributed by atoms with Gasteiger partial charge in [0.05, 0.1) is 17.2 Å². The summed E-state index contributed by atoms with van der Waals surface area (Å²) in [7, 11) is -4.29. The molecule has 0 aliphatic rings. The Morgan fingerprint density at radius 3 is 2.27 bits per heavy atom. The van der Waals surface area contributed by atoms with Gasteiger partial charge in [-0.05, 0) is 81.3 Å². The number of aryl methyl sites for hydroxylation is 1. The molecule has 3 rings (SSSR count). The number of nitrogens with one attached hydrogen (secondary N) is 1. The molecule has 0 aromatic heterocycles. The number of nitrogens with zero attached hydrogens (tertiary/aromatic N) is 2. The third-order valence-corrected chi connectivity index (χ3v) is 8.06. The minimum absolute atomic E-state index is 0.106. The van der Waals surface area contributed by atoms with Crippen LogP contribution in [0.3, 0.4) is 0 Å². The largest absolute Gasteiger partial charge is 0.494 e. The molecule has 0 unspecified atom stereocenters. The van der Waals surface area contributed by atoms with Gasteiger partial charge >= 0.3 is 0 Å². The molecule has 3 aromatic rings. The van der Waals surface area contributed by atoms with Crippen LogP contribution in [0.4, 0.5) is 10.1 Å². The summed E-state index contributed by atoms with van der Waals surface area (Å²) in [5, 5.41) is 2.82. The molecule has 1 N–H and O–H groups in total. The van der Waals surface area contributed by atoms with E-state index < -0.39 is 34.3 Å². The summed E-state index contributed by atoms with van der Waals surface area (Å²) >= 11 is 0. The summed E-state index contributed by atoms with van der Waals surface area (Å²) < 4.78 is 47.6. The van der Waals surface area contributed by atoms with Crippen LogP contribution in [0.1, 0.15) is 38.3 Å². The van der Waals surface area contributed by atoms with Gasteiger partial charge in [-0.1, -0.05) is 36.8 Å². The van der Waals surface area contributed by atoms with Crippen LogP contribution in [-0.2, 0) is 26.2 Å². The van der Waals surface area contributed by atoms with Crippen LogP contribution in [0.2, 0.25) is 0 Å². The summed E-state index contributed by atoms with van der Waals surface area (Å²) in [4.78, 5) is 28.0. The monoisotopic (exact) mass is 569 g/mol. The van der Waals surface area contributed by atoms with Crippen molar-refractivity contribution < 1.29 is 27.1 Å². The molecule has 10 heteroatoms. The average Bonchev–Trinajstić information content (AvgIpc) is 2.93. The van der Waals surface area contributed by atoms with Crippen molar-refractivity contribution in [3.63, 3.8) is 0 Å². The van der Waals surface area contributed by atoms with Gasteiger partial charge in [0, 0.05) is 13.1 Å². The fraction of sp³-hybridized carbons (Fsp3) is 0.333. The van der Waals surface area contributed by atoms with Crippen LogP contribution >= 0.6 is 0 Å². The van der Waals surface area contributed by atoms with Crippen molar-refractivity contribution in [2.45, 2.75) is 51.6 Å². The van der Waals surface area contributed by atoms with E-state index in [4.69, 9.17) is 4.74 Å². The van der Waals surface area contributed by atoms with Crippen LogP contribution < -0.4 is 14.4 Å². The third-order valence-electron chi connectivity index (χ3n) is 6.27. The lowest BCUT2D eigenvalue weighted by Gasteiger charge is -2.32. The van der Waals surface area contributed by atoms with Crippen LogP contribution in [0.25, 0.3) is 0 Å². The van der Waals surface area contributed by atoms with E-state index in [9.17, 15) is 22.4 Å². The van der Waals surface area contributed by atoms with E-state index in [0.717, 1.165) is 46.1 Å². The number of sulfonamides is 1. The molecule has 0 bridgehead atoms. The van der Waals surface area contributed by atoms with Gasteiger partial charge in [-0.25, -0.2) is 12.8 Å². The molecule has 0 fully saturated rings. The topological polar surface area (TPSA) is 96.0 Å². The van der Waals surface area contributed by atoms with Gasteiger partial charge in [0.2, 0.25) is 11.8 Å². The molecular formula is C30H36FN3O5S. The summed E-state index contributed by atoms with van der Waals surface area (Å²) in [6.45, 7) is 7.71. The number of rotatable bonds is 13. The Morgan fingerprint density at radius 2 is 1.68 bits per heavy atom. The molecule has 0 saturated carbocycles. The predicted octanol–water partition coefficient (Wildman–Crippen LogP) is 4.67. The maximum Gasteiger partial charge on any atom is 0.264 e. The minimum Gasteiger partial charge on any atom is -0.494 e. The first-order valence-electron chi connectivity index (χ1n) is 13.2. The van der Waals surface area contributed by atoms with Crippen LogP contribution in [0.5, 0.6) is 5.75 Å². The summed E-state index contributed by atoms with van der Waals surface area (Å²) in [6.07, 6.45) is 0.728. The van der Waals surface area contributed by atoms with E-state index >= 15 is 0 Å². The molecule has 40 heavy (non-hydrogen) atoms. The Hall–Kier alpha value is -3.92. The SMILES string of the molecule is CCCNC(=O)[C@@H](C)N(Cc1cccc(C)c1)C(=O)CN(c1ccc(OCC)cc1)S(=O)(=O)c1ccc(F)cc1. The zero-order chi connectivity index (χ0) is 29.3. The molecule has 8 nitrogen and oxygen atoms in total. The van der Waals surface area contributed by atoms with E-state index in [0.29, 0.717) is 18.9 Å². The van der Waals surface area contributed by atoms with E-state index in [1.807, 2.05) is 45.0 Å². The molecular weight excluding hydrogens is 533 g/mol. The molecule has 214 valence electrons. The highest BCUT2D eigenvalue weighted by atomic mass is 32.2. The van der Waals surface area contributed by atoms with Gasteiger partial charge < -0.3 is 15.0 Å². The third kappa shape index (κ3) is 7.81. The minimum atomic E-state index is -4.29. The highest BCUT2D eigenvalue weighted by Gasteiger charge is 2.32. The number of carbonyl (C=O) groups excluding carboxylic acids is 2. The molecule has 3 aromatic carbocycles. The zero-order valence-electron chi connectivity index (χ0n) is 23.3. The first kappa shape index (κ1) is 30.6. The number of halogens is 1. The maximum absolute atomic E-state index is 13.9. The van der Waals surface area contributed by atoms with Crippen LogP contribution in [-0.4, -0.2) is 50.9 Å². The normalized spacial score (nSPS) is 11.9. The van der Waals surface area contributed by atoms with Crippen LogP contribution in [0, 0.1) is 12.7 Å². The molecule has 0 heterocycles. The number of ether oxygens (including phenoxy) is 1. The fourth-order valence-corrected chi connectivity index (χ4v) is 5.54. The first-order chi connectivity index (χ1) is 19.1. The van der Waals surface area contributed by atoms with Gasteiger partial charge in [-0.3, -0.25) is 13.9 Å². The second-order valence-corrected chi connectivity index (χ2v) is 11.2. The summed E-state index contributed by atoms with van der Waals surface area (Å²) in [6, 6.07) is 17.4. The zero-order valence-corrected chi connectivity index (χ0v) is 24.1. The van der Waals surface area contributed by atoms with Crippen molar-refractivity contribution >= 4 is 27.5 Å². The van der Waals surface area contributed by atoms with Gasteiger partial charge in [0.1, 0.15) is 24.2 Å².